The number of hydrogen-bond donors (Lipinski definition) is 1. The zero-order chi connectivity index (χ0) is 13.7. The van der Waals surface area contributed by atoms with Crippen LogP contribution in [0.2, 0.25) is 0 Å². The minimum absolute atomic E-state index is 0.691. The highest BCUT2D eigenvalue weighted by Crippen LogP contribution is 2.23. The second kappa shape index (κ2) is 6.95. The van der Waals surface area contributed by atoms with E-state index >= 15 is 0 Å². The van der Waals surface area contributed by atoms with Crippen LogP contribution in [0.1, 0.15) is 43.7 Å². The van der Waals surface area contributed by atoms with Crippen LogP contribution in [0, 0.1) is 19.8 Å². The smallest absolute Gasteiger partial charge is 0.122 e. The van der Waals surface area contributed by atoms with Gasteiger partial charge in [0.25, 0.3) is 0 Å². The van der Waals surface area contributed by atoms with Crippen molar-refractivity contribution in [2.75, 3.05) is 13.2 Å². The summed E-state index contributed by atoms with van der Waals surface area (Å²) in [6.07, 6.45) is 5.47. The summed E-state index contributed by atoms with van der Waals surface area (Å²) in [4.78, 5) is 0. The van der Waals surface area contributed by atoms with E-state index < -0.39 is 0 Å². The average molecular weight is 261 g/mol. The lowest BCUT2D eigenvalue weighted by Crippen LogP contribution is -2.39. The molecule has 106 valence electrons. The Hall–Kier alpha value is -1.02. The largest absolute Gasteiger partial charge is 0.492 e. The van der Waals surface area contributed by atoms with Crippen molar-refractivity contribution < 1.29 is 4.74 Å². The molecule has 1 saturated carbocycles. The Morgan fingerprint density at radius 3 is 2.79 bits per heavy atom. The van der Waals surface area contributed by atoms with Gasteiger partial charge < -0.3 is 10.1 Å². The first-order chi connectivity index (χ1) is 9.18. The fourth-order valence-corrected chi connectivity index (χ4v) is 2.91. The first-order valence-electron chi connectivity index (χ1n) is 7.61. The van der Waals surface area contributed by atoms with E-state index in [1.54, 1.807) is 0 Å². The molecular weight excluding hydrogens is 234 g/mol. The fourth-order valence-electron chi connectivity index (χ4n) is 2.91. The number of aryl methyl sites for hydroxylation is 1. The quantitative estimate of drug-likeness (QED) is 0.813. The minimum atomic E-state index is 0.691. The Morgan fingerprint density at radius 1 is 1.21 bits per heavy atom. The zero-order valence-corrected chi connectivity index (χ0v) is 12.5. The molecular formula is C17H27NO. The van der Waals surface area contributed by atoms with Gasteiger partial charge in [0.1, 0.15) is 12.4 Å². The summed E-state index contributed by atoms with van der Waals surface area (Å²) in [6, 6.07) is 6.94. The number of nitrogens with one attached hydrogen (secondary N) is 1. The van der Waals surface area contributed by atoms with E-state index in [1.807, 2.05) is 0 Å². The number of ether oxygens (including phenoxy) is 1. The van der Waals surface area contributed by atoms with Gasteiger partial charge in [-0.25, -0.2) is 0 Å². The molecule has 1 fully saturated rings. The average Bonchev–Trinajstić information content (AvgIpc) is 2.41. The Labute approximate surface area is 117 Å². The van der Waals surface area contributed by atoms with Gasteiger partial charge in [-0.05, 0) is 49.8 Å². The summed E-state index contributed by atoms with van der Waals surface area (Å²) in [6.45, 7) is 8.32. The van der Waals surface area contributed by atoms with Crippen LogP contribution in [-0.2, 0) is 0 Å². The highest BCUT2D eigenvalue weighted by molar-refractivity contribution is 5.38. The molecule has 2 unspecified atom stereocenters. The topological polar surface area (TPSA) is 21.3 Å². The molecule has 1 aliphatic rings. The molecule has 0 aromatic heterocycles. The van der Waals surface area contributed by atoms with E-state index in [0.29, 0.717) is 6.04 Å². The van der Waals surface area contributed by atoms with Gasteiger partial charge in [-0.2, -0.15) is 0 Å². The molecule has 1 N–H and O–H groups in total. The third kappa shape index (κ3) is 3.97. The van der Waals surface area contributed by atoms with Gasteiger partial charge in [0, 0.05) is 12.6 Å². The van der Waals surface area contributed by atoms with Gasteiger partial charge in [-0.3, -0.25) is 0 Å². The Balaban J connectivity index is 1.73. The van der Waals surface area contributed by atoms with Crippen molar-refractivity contribution in [1.82, 2.24) is 5.32 Å². The lowest BCUT2D eigenvalue weighted by molar-refractivity contribution is 0.250. The molecule has 1 aromatic rings. The molecule has 2 heteroatoms. The van der Waals surface area contributed by atoms with Crippen LogP contribution in [-0.4, -0.2) is 19.2 Å². The highest BCUT2D eigenvalue weighted by atomic mass is 16.5. The van der Waals surface area contributed by atoms with Gasteiger partial charge in [0.15, 0.2) is 0 Å². The molecule has 1 aliphatic carbocycles. The predicted molar refractivity (Wildman–Crippen MR) is 80.8 cm³/mol. The molecule has 1 aromatic carbocycles. The molecule has 0 aliphatic heterocycles. The summed E-state index contributed by atoms with van der Waals surface area (Å²) in [7, 11) is 0. The van der Waals surface area contributed by atoms with Crippen LogP contribution in [0.4, 0.5) is 0 Å². The molecule has 19 heavy (non-hydrogen) atoms. The maximum Gasteiger partial charge on any atom is 0.122 e. The first-order valence-corrected chi connectivity index (χ1v) is 7.61. The Morgan fingerprint density at radius 2 is 2.00 bits per heavy atom. The third-order valence-electron chi connectivity index (χ3n) is 4.43. The number of benzene rings is 1. The molecule has 2 nitrogen and oxygen atoms in total. The minimum Gasteiger partial charge on any atom is -0.492 e. The van der Waals surface area contributed by atoms with Crippen molar-refractivity contribution in [2.24, 2.45) is 5.92 Å². The molecule has 0 saturated heterocycles. The van der Waals surface area contributed by atoms with Crippen molar-refractivity contribution in [3.63, 3.8) is 0 Å². The monoisotopic (exact) mass is 261 g/mol. The van der Waals surface area contributed by atoms with Gasteiger partial charge in [0.05, 0.1) is 0 Å². The Bertz CT molecular complexity index is 402. The normalized spacial score (nSPS) is 23.3. The summed E-state index contributed by atoms with van der Waals surface area (Å²) in [5, 5.41) is 3.65. The van der Waals surface area contributed by atoms with Gasteiger partial charge >= 0.3 is 0 Å². The standard InChI is InChI=1S/C17H27NO/c1-13-8-6-10-17(15(13)3)19-12-11-18-16-9-5-4-7-14(16)2/h6,8,10,14,16,18H,4-5,7,9,11-12H2,1-3H3. The van der Waals surface area contributed by atoms with Gasteiger partial charge in [-0.15, -0.1) is 0 Å². The maximum absolute atomic E-state index is 5.88. The van der Waals surface area contributed by atoms with E-state index in [-0.39, 0.29) is 0 Å². The van der Waals surface area contributed by atoms with Crippen LogP contribution in [0.5, 0.6) is 5.75 Å². The van der Waals surface area contributed by atoms with Crippen LogP contribution in [0.15, 0.2) is 18.2 Å². The fraction of sp³-hybridized carbons (Fsp3) is 0.647. The van der Waals surface area contributed by atoms with E-state index in [2.05, 4.69) is 44.3 Å². The van der Waals surface area contributed by atoms with Crippen molar-refractivity contribution in [3.8, 4) is 5.75 Å². The van der Waals surface area contributed by atoms with Crippen LogP contribution in [0.3, 0.4) is 0 Å². The SMILES string of the molecule is Cc1cccc(OCCNC2CCCCC2C)c1C. The zero-order valence-electron chi connectivity index (χ0n) is 12.5. The summed E-state index contributed by atoms with van der Waals surface area (Å²) in [5.74, 6) is 1.84. The van der Waals surface area contributed by atoms with Crippen LogP contribution in [0.25, 0.3) is 0 Å². The van der Waals surface area contributed by atoms with E-state index in [1.165, 1.54) is 36.8 Å². The van der Waals surface area contributed by atoms with Gasteiger partial charge in [-0.1, -0.05) is 31.9 Å². The lowest BCUT2D eigenvalue weighted by Gasteiger charge is -2.29. The van der Waals surface area contributed by atoms with Crippen molar-refractivity contribution in [2.45, 2.75) is 52.5 Å². The lowest BCUT2D eigenvalue weighted by atomic mass is 9.86. The first kappa shape index (κ1) is 14.4. The molecule has 0 radical (unpaired) electrons. The third-order valence-corrected chi connectivity index (χ3v) is 4.43. The van der Waals surface area contributed by atoms with Crippen LogP contribution >= 0.6 is 0 Å². The van der Waals surface area contributed by atoms with E-state index in [0.717, 1.165) is 24.8 Å². The second-order valence-corrected chi connectivity index (χ2v) is 5.87. The number of hydrogen-bond acceptors (Lipinski definition) is 2. The van der Waals surface area contributed by atoms with E-state index in [9.17, 15) is 0 Å². The van der Waals surface area contributed by atoms with Crippen molar-refractivity contribution in [1.29, 1.82) is 0 Å². The second-order valence-electron chi connectivity index (χ2n) is 5.87. The van der Waals surface area contributed by atoms with Crippen LogP contribution < -0.4 is 10.1 Å². The van der Waals surface area contributed by atoms with Gasteiger partial charge in [0.2, 0.25) is 0 Å². The summed E-state index contributed by atoms with van der Waals surface area (Å²) < 4.78 is 5.88. The predicted octanol–water partition coefficient (Wildman–Crippen LogP) is 3.85. The van der Waals surface area contributed by atoms with Crippen molar-refractivity contribution in [3.05, 3.63) is 29.3 Å². The molecule has 0 bridgehead atoms. The molecule has 0 spiro atoms. The highest BCUT2D eigenvalue weighted by Gasteiger charge is 2.20. The summed E-state index contributed by atoms with van der Waals surface area (Å²) >= 11 is 0. The molecule has 2 rings (SSSR count). The Kier molecular flexibility index (Phi) is 5.26. The molecule has 2 atom stereocenters. The maximum atomic E-state index is 5.88. The molecule has 0 amide bonds. The van der Waals surface area contributed by atoms with E-state index in [4.69, 9.17) is 4.74 Å². The van der Waals surface area contributed by atoms with Crippen molar-refractivity contribution >= 4 is 0 Å². The number of rotatable bonds is 5. The molecule has 0 heterocycles. The summed E-state index contributed by atoms with van der Waals surface area (Å²) in [5.41, 5.74) is 2.56.